The molecule has 0 saturated heterocycles. The Hall–Kier alpha value is -2.35. The highest BCUT2D eigenvalue weighted by Crippen LogP contribution is 2.34. The van der Waals surface area contributed by atoms with Crippen molar-refractivity contribution < 1.29 is 4.79 Å². The second-order valence-electron chi connectivity index (χ2n) is 7.42. The van der Waals surface area contributed by atoms with Crippen LogP contribution in [0.1, 0.15) is 68.2 Å². The molecule has 0 N–H and O–H groups in total. The highest BCUT2D eigenvalue weighted by atomic mass is 16.2. The summed E-state index contributed by atoms with van der Waals surface area (Å²) in [6, 6.07) is 19.2. The molecule has 0 aliphatic heterocycles. The fraction of sp³-hybridized carbons (Fsp3) is 0.400. The molecule has 3 rings (SSSR count). The van der Waals surface area contributed by atoms with Crippen molar-refractivity contribution >= 4 is 12.0 Å². The van der Waals surface area contributed by atoms with Crippen LogP contribution in [0.2, 0.25) is 0 Å². The summed E-state index contributed by atoms with van der Waals surface area (Å²) in [6.07, 6.45) is 11.5. The minimum absolute atomic E-state index is 0.212. The molecule has 0 bridgehead atoms. The van der Waals surface area contributed by atoms with Gasteiger partial charge in [0.2, 0.25) is 5.91 Å². The third kappa shape index (κ3) is 5.32. The first kappa shape index (κ1) is 19.4. The standard InChI is InChI=1S/C25H31NO/c1-2-3-5-19-25(27)26(20-11-14-21-12-6-4-7-13-21)24-18-10-16-22-15-8-9-17-23(22)24/h4,6-9,11-15,17,24H,2-3,5,10,16,18-20H2,1H3/b14-11+. The second-order valence-corrected chi connectivity index (χ2v) is 7.42. The Kier molecular flexibility index (Phi) is 7.27. The minimum Gasteiger partial charge on any atom is -0.332 e. The molecule has 0 radical (unpaired) electrons. The molecule has 0 fully saturated rings. The van der Waals surface area contributed by atoms with Crippen molar-refractivity contribution in [3.8, 4) is 0 Å². The fourth-order valence-electron chi connectivity index (χ4n) is 3.99. The van der Waals surface area contributed by atoms with Crippen LogP contribution in [0, 0.1) is 0 Å². The molecule has 2 aromatic rings. The first-order valence-corrected chi connectivity index (χ1v) is 10.4. The number of benzene rings is 2. The summed E-state index contributed by atoms with van der Waals surface area (Å²) in [4.78, 5) is 15.2. The van der Waals surface area contributed by atoms with Gasteiger partial charge in [-0.2, -0.15) is 0 Å². The van der Waals surface area contributed by atoms with Crippen LogP contribution in [0.4, 0.5) is 0 Å². The maximum Gasteiger partial charge on any atom is 0.223 e. The zero-order valence-electron chi connectivity index (χ0n) is 16.4. The molecular formula is C25H31NO. The fourth-order valence-corrected chi connectivity index (χ4v) is 3.99. The van der Waals surface area contributed by atoms with Gasteiger partial charge in [0.1, 0.15) is 0 Å². The van der Waals surface area contributed by atoms with Crippen molar-refractivity contribution in [3.63, 3.8) is 0 Å². The Morgan fingerprint density at radius 3 is 2.67 bits per heavy atom. The summed E-state index contributed by atoms with van der Waals surface area (Å²) in [5.74, 6) is 0.294. The van der Waals surface area contributed by atoms with Gasteiger partial charge in [0.15, 0.2) is 0 Å². The summed E-state index contributed by atoms with van der Waals surface area (Å²) in [5.41, 5.74) is 3.94. The lowest BCUT2D eigenvalue weighted by Crippen LogP contribution is -2.36. The van der Waals surface area contributed by atoms with Gasteiger partial charge in [-0.3, -0.25) is 4.79 Å². The van der Waals surface area contributed by atoms with E-state index in [4.69, 9.17) is 0 Å². The number of amides is 1. The van der Waals surface area contributed by atoms with Crippen LogP contribution in [-0.2, 0) is 11.2 Å². The summed E-state index contributed by atoms with van der Waals surface area (Å²) in [6.45, 7) is 2.86. The van der Waals surface area contributed by atoms with Crippen LogP contribution >= 0.6 is 0 Å². The van der Waals surface area contributed by atoms with Gasteiger partial charge in [0.25, 0.3) is 0 Å². The van der Waals surface area contributed by atoms with Gasteiger partial charge in [-0.05, 0) is 42.4 Å². The highest BCUT2D eigenvalue weighted by molar-refractivity contribution is 5.77. The van der Waals surface area contributed by atoms with Crippen molar-refractivity contribution in [2.45, 2.75) is 57.9 Å². The number of fused-ring (bicyclic) bond motifs is 1. The molecule has 2 aromatic carbocycles. The van der Waals surface area contributed by atoms with Crippen LogP contribution in [-0.4, -0.2) is 17.4 Å². The average molecular weight is 362 g/mol. The zero-order valence-corrected chi connectivity index (χ0v) is 16.4. The molecule has 27 heavy (non-hydrogen) atoms. The molecule has 0 spiro atoms. The van der Waals surface area contributed by atoms with E-state index in [1.54, 1.807) is 0 Å². The molecule has 0 heterocycles. The van der Waals surface area contributed by atoms with Crippen molar-refractivity contribution in [1.82, 2.24) is 4.90 Å². The van der Waals surface area contributed by atoms with E-state index in [1.165, 1.54) is 16.7 Å². The van der Waals surface area contributed by atoms with Crippen LogP contribution in [0.25, 0.3) is 6.08 Å². The molecule has 1 amide bonds. The SMILES string of the molecule is CCCCCC(=O)N(C/C=C/c1ccccc1)C1CCCc2ccccc21. The van der Waals surface area contributed by atoms with Gasteiger partial charge in [-0.25, -0.2) is 0 Å². The summed E-state index contributed by atoms with van der Waals surface area (Å²) in [7, 11) is 0. The van der Waals surface area contributed by atoms with Crippen LogP contribution in [0.5, 0.6) is 0 Å². The molecule has 2 nitrogen and oxygen atoms in total. The number of rotatable bonds is 8. The largest absolute Gasteiger partial charge is 0.332 e. The van der Waals surface area contributed by atoms with E-state index in [2.05, 4.69) is 60.4 Å². The van der Waals surface area contributed by atoms with E-state index in [0.717, 1.165) is 38.5 Å². The lowest BCUT2D eigenvalue weighted by atomic mass is 9.86. The molecule has 1 aliphatic rings. The van der Waals surface area contributed by atoms with Crippen molar-refractivity contribution in [2.24, 2.45) is 0 Å². The van der Waals surface area contributed by atoms with Gasteiger partial charge >= 0.3 is 0 Å². The summed E-state index contributed by atoms with van der Waals surface area (Å²) >= 11 is 0. The molecule has 0 aromatic heterocycles. The lowest BCUT2D eigenvalue weighted by molar-refractivity contribution is -0.133. The molecule has 1 aliphatic carbocycles. The van der Waals surface area contributed by atoms with Crippen molar-refractivity contribution in [3.05, 3.63) is 77.4 Å². The normalized spacial score (nSPS) is 16.3. The molecule has 1 unspecified atom stereocenters. The Morgan fingerprint density at radius 2 is 1.85 bits per heavy atom. The predicted octanol–water partition coefficient (Wildman–Crippen LogP) is 6.19. The predicted molar refractivity (Wildman–Crippen MR) is 113 cm³/mol. The minimum atomic E-state index is 0.212. The number of carbonyl (C=O) groups is 1. The van der Waals surface area contributed by atoms with Crippen molar-refractivity contribution in [1.29, 1.82) is 0 Å². The number of carbonyl (C=O) groups excluding carboxylic acids is 1. The van der Waals surface area contributed by atoms with E-state index in [1.807, 2.05) is 18.2 Å². The first-order valence-electron chi connectivity index (χ1n) is 10.4. The topological polar surface area (TPSA) is 20.3 Å². The molecule has 1 atom stereocenters. The van der Waals surface area contributed by atoms with E-state index in [9.17, 15) is 4.79 Å². The smallest absolute Gasteiger partial charge is 0.223 e. The second kappa shape index (κ2) is 10.1. The van der Waals surface area contributed by atoms with E-state index >= 15 is 0 Å². The summed E-state index contributed by atoms with van der Waals surface area (Å²) < 4.78 is 0. The molecule has 2 heteroatoms. The third-order valence-electron chi connectivity index (χ3n) is 5.44. The van der Waals surface area contributed by atoms with E-state index in [0.29, 0.717) is 18.9 Å². The van der Waals surface area contributed by atoms with Gasteiger partial charge in [-0.1, -0.05) is 86.5 Å². The van der Waals surface area contributed by atoms with Crippen molar-refractivity contribution in [2.75, 3.05) is 6.54 Å². The Labute approximate surface area is 163 Å². The monoisotopic (exact) mass is 361 g/mol. The molecule has 0 saturated carbocycles. The van der Waals surface area contributed by atoms with E-state index < -0.39 is 0 Å². The highest BCUT2D eigenvalue weighted by Gasteiger charge is 2.28. The third-order valence-corrected chi connectivity index (χ3v) is 5.44. The Morgan fingerprint density at radius 1 is 1.07 bits per heavy atom. The first-order chi connectivity index (χ1) is 13.3. The van der Waals surface area contributed by atoms with Gasteiger partial charge < -0.3 is 4.90 Å². The van der Waals surface area contributed by atoms with Crippen LogP contribution in [0.3, 0.4) is 0 Å². The molecule has 142 valence electrons. The van der Waals surface area contributed by atoms with Crippen LogP contribution < -0.4 is 0 Å². The van der Waals surface area contributed by atoms with Crippen LogP contribution in [0.15, 0.2) is 60.7 Å². The Balaban J connectivity index is 1.77. The zero-order chi connectivity index (χ0) is 18.9. The summed E-state index contributed by atoms with van der Waals surface area (Å²) in [5, 5.41) is 0. The average Bonchev–Trinajstić information content (AvgIpc) is 2.72. The van der Waals surface area contributed by atoms with E-state index in [-0.39, 0.29) is 6.04 Å². The maximum atomic E-state index is 13.1. The quantitative estimate of drug-likeness (QED) is 0.514. The van der Waals surface area contributed by atoms with Gasteiger partial charge in [0, 0.05) is 13.0 Å². The number of hydrogen-bond acceptors (Lipinski definition) is 1. The number of hydrogen-bond donors (Lipinski definition) is 0. The van der Waals surface area contributed by atoms with Gasteiger partial charge in [0.05, 0.1) is 6.04 Å². The Bertz CT molecular complexity index is 750. The number of nitrogens with zero attached hydrogens (tertiary/aromatic N) is 1. The maximum absolute atomic E-state index is 13.1. The number of aryl methyl sites for hydroxylation is 1. The number of unbranched alkanes of at least 4 members (excludes halogenated alkanes) is 2. The lowest BCUT2D eigenvalue weighted by Gasteiger charge is -2.35. The van der Waals surface area contributed by atoms with Gasteiger partial charge in [-0.15, -0.1) is 0 Å². The molecular weight excluding hydrogens is 330 g/mol.